The van der Waals surface area contributed by atoms with Crippen LogP contribution in [0.3, 0.4) is 0 Å². The molecule has 1 aromatic rings. The fraction of sp³-hybridized carbons (Fsp3) is 0.600. The van der Waals surface area contributed by atoms with Gasteiger partial charge in [-0.15, -0.1) is 0 Å². The van der Waals surface area contributed by atoms with E-state index in [1.165, 1.54) is 0 Å². The number of nitrogens with one attached hydrogen (secondary N) is 1. The van der Waals surface area contributed by atoms with Gasteiger partial charge in [0.2, 0.25) is 11.7 Å². The molecule has 1 N–H and O–H groups in total. The van der Waals surface area contributed by atoms with Crippen molar-refractivity contribution in [1.29, 1.82) is 0 Å². The van der Waals surface area contributed by atoms with Gasteiger partial charge in [0.1, 0.15) is 0 Å². The van der Waals surface area contributed by atoms with E-state index >= 15 is 0 Å². The van der Waals surface area contributed by atoms with E-state index in [1.807, 2.05) is 20.8 Å². The normalized spacial score (nSPS) is 14.6. The highest BCUT2D eigenvalue weighted by Crippen LogP contribution is 2.39. The number of nitrogens with zero attached hydrogens (tertiary/aromatic N) is 1. The van der Waals surface area contributed by atoms with Crippen LogP contribution in [-0.2, 0) is 4.79 Å². The fourth-order valence-electron chi connectivity index (χ4n) is 3.24. The number of amides is 2. The molecule has 7 heteroatoms. The minimum atomic E-state index is -0.0877. The molecule has 27 heavy (non-hydrogen) atoms. The molecule has 1 heterocycles. The minimum Gasteiger partial charge on any atom is -0.490 e. The summed E-state index contributed by atoms with van der Waals surface area (Å²) in [6, 6.07) is 3.42. The Morgan fingerprint density at radius 3 is 1.96 bits per heavy atom. The van der Waals surface area contributed by atoms with Crippen LogP contribution in [0.1, 0.15) is 44.0 Å². The van der Waals surface area contributed by atoms with Crippen LogP contribution in [0.2, 0.25) is 0 Å². The molecule has 7 nitrogen and oxygen atoms in total. The molecule has 1 fully saturated rings. The Morgan fingerprint density at radius 1 is 1.00 bits per heavy atom. The molecule has 0 unspecified atom stereocenters. The third kappa shape index (κ3) is 5.05. The maximum Gasteiger partial charge on any atom is 0.254 e. The van der Waals surface area contributed by atoms with Crippen LogP contribution in [0.15, 0.2) is 12.1 Å². The number of hydrogen-bond acceptors (Lipinski definition) is 5. The van der Waals surface area contributed by atoms with Crippen LogP contribution in [0.4, 0.5) is 0 Å². The van der Waals surface area contributed by atoms with E-state index in [1.54, 1.807) is 24.1 Å². The standard InChI is InChI=1S/C20H30N2O5/c1-5-25-16-12-15(13-17(26-6-2)18(16)27-7-3)20(24)22-10-8-14(9-11-22)19(23)21-4/h12-14H,5-11H2,1-4H3,(H,21,23). The summed E-state index contributed by atoms with van der Waals surface area (Å²) in [5, 5.41) is 2.68. The van der Waals surface area contributed by atoms with E-state index in [2.05, 4.69) is 5.32 Å². The van der Waals surface area contributed by atoms with Gasteiger partial charge < -0.3 is 24.4 Å². The van der Waals surface area contributed by atoms with E-state index in [-0.39, 0.29) is 17.7 Å². The van der Waals surface area contributed by atoms with Crippen molar-refractivity contribution >= 4 is 11.8 Å². The molecule has 1 aliphatic heterocycles. The Bertz CT molecular complexity index is 627. The van der Waals surface area contributed by atoms with E-state index in [0.717, 1.165) is 0 Å². The predicted molar refractivity (Wildman–Crippen MR) is 103 cm³/mol. The fourth-order valence-corrected chi connectivity index (χ4v) is 3.24. The molecule has 0 atom stereocenters. The Balaban J connectivity index is 2.23. The maximum absolute atomic E-state index is 13.0. The highest BCUT2D eigenvalue weighted by molar-refractivity contribution is 5.96. The van der Waals surface area contributed by atoms with Crippen LogP contribution < -0.4 is 19.5 Å². The molecule has 0 radical (unpaired) electrons. The van der Waals surface area contributed by atoms with Gasteiger partial charge in [0.05, 0.1) is 19.8 Å². The lowest BCUT2D eigenvalue weighted by Gasteiger charge is -2.31. The third-order valence-corrected chi connectivity index (χ3v) is 4.56. The molecule has 0 bridgehead atoms. The minimum absolute atomic E-state index is 0.0302. The molecular formula is C20H30N2O5. The Morgan fingerprint density at radius 2 is 1.52 bits per heavy atom. The van der Waals surface area contributed by atoms with Crippen molar-refractivity contribution in [2.45, 2.75) is 33.6 Å². The molecule has 1 aliphatic rings. The van der Waals surface area contributed by atoms with Crippen molar-refractivity contribution in [1.82, 2.24) is 10.2 Å². The largest absolute Gasteiger partial charge is 0.490 e. The molecule has 0 saturated carbocycles. The summed E-state index contributed by atoms with van der Waals surface area (Å²) in [5.41, 5.74) is 0.503. The Hall–Kier alpha value is -2.44. The van der Waals surface area contributed by atoms with E-state index in [9.17, 15) is 9.59 Å². The van der Waals surface area contributed by atoms with Crippen LogP contribution in [0.5, 0.6) is 17.2 Å². The first kappa shape index (κ1) is 20.9. The molecule has 0 spiro atoms. The summed E-state index contributed by atoms with van der Waals surface area (Å²) >= 11 is 0. The van der Waals surface area contributed by atoms with Crippen molar-refractivity contribution in [2.75, 3.05) is 40.0 Å². The summed E-state index contributed by atoms with van der Waals surface area (Å²) in [7, 11) is 1.64. The summed E-state index contributed by atoms with van der Waals surface area (Å²) in [6.07, 6.45) is 1.33. The second-order valence-corrected chi connectivity index (χ2v) is 6.28. The van der Waals surface area contributed by atoms with Crippen molar-refractivity contribution < 1.29 is 23.8 Å². The molecule has 1 saturated heterocycles. The number of rotatable bonds is 8. The zero-order chi connectivity index (χ0) is 19.8. The van der Waals surface area contributed by atoms with Gasteiger partial charge in [-0.1, -0.05) is 0 Å². The van der Waals surface area contributed by atoms with Gasteiger partial charge in [-0.05, 0) is 45.7 Å². The maximum atomic E-state index is 13.0. The highest BCUT2D eigenvalue weighted by atomic mass is 16.5. The van der Waals surface area contributed by atoms with Gasteiger partial charge in [0.15, 0.2) is 11.5 Å². The first-order valence-electron chi connectivity index (χ1n) is 9.62. The smallest absolute Gasteiger partial charge is 0.254 e. The summed E-state index contributed by atoms with van der Waals surface area (Å²) < 4.78 is 17.1. The molecule has 2 amide bonds. The molecule has 2 rings (SSSR count). The van der Waals surface area contributed by atoms with E-state index in [0.29, 0.717) is 68.6 Å². The van der Waals surface area contributed by atoms with Gasteiger partial charge in [-0.3, -0.25) is 9.59 Å². The molecule has 0 aliphatic carbocycles. The van der Waals surface area contributed by atoms with Crippen molar-refractivity contribution in [3.63, 3.8) is 0 Å². The number of piperidine rings is 1. The number of likely N-dealkylation sites (tertiary alicyclic amines) is 1. The Kier molecular flexibility index (Phi) is 7.76. The second kappa shape index (κ2) is 10.0. The van der Waals surface area contributed by atoms with Gasteiger partial charge in [0, 0.05) is 31.6 Å². The highest BCUT2D eigenvalue weighted by Gasteiger charge is 2.28. The van der Waals surface area contributed by atoms with Crippen LogP contribution in [0.25, 0.3) is 0 Å². The zero-order valence-electron chi connectivity index (χ0n) is 16.7. The first-order valence-corrected chi connectivity index (χ1v) is 9.62. The average molecular weight is 378 g/mol. The SMILES string of the molecule is CCOc1cc(C(=O)N2CCC(C(=O)NC)CC2)cc(OCC)c1OCC. The zero-order valence-corrected chi connectivity index (χ0v) is 16.7. The Labute approximate surface area is 161 Å². The van der Waals surface area contributed by atoms with E-state index in [4.69, 9.17) is 14.2 Å². The van der Waals surface area contributed by atoms with Crippen molar-refractivity contribution in [3.8, 4) is 17.2 Å². The lowest BCUT2D eigenvalue weighted by molar-refractivity contribution is -0.125. The number of carbonyl (C=O) groups excluding carboxylic acids is 2. The van der Waals surface area contributed by atoms with Gasteiger partial charge in [0.25, 0.3) is 5.91 Å². The monoisotopic (exact) mass is 378 g/mol. The van der Waals surface area contributed by atoms with Crippen molar-refractivity contribution in [2.24, 2.45) is 5.92 Å². The quantitative estimate of drug-likeness (QED) is 0.752. The van der Waals surface area contributed by atoms with Crippen LogP contribution in [0, 0.1) is 5.92 Å². The number of hydrogen-bond donors (Lipinski definition) is 1. The molecular weight excluding hydrogens is 348 g/mol. The third-order valence-electron chi connectivity index (χ3n) is 4.56. The second-order valence-electron chi connectivity index (χ2n) is 6.28. The number of benzene rings is 1. The first-order chi connectivity index (χ1) is 13.0. The average Bonchev–Trinajstić information content (AvgIpc) is 2.69. The topological polar surface area (TPSA) is 77.1 Å². The summed E-state index contributed by atoms with van der Waals surface area (Å²) in [6.45, 7) is 8.15. The molecule has 1 aromatic carbocycles. The van der Waals surface area contributed by atoms with Gasteiger partial charge >= 0.3 is 0 Å². The summed E-state index contributed by atoms with van der Waals surface area (Å²) in [4.78, 5) is 26.6. The van der Waals surface area contributed by atoms with E-state index < -0.39 is 0 Å². The lowest BCUT2D eigenvalue weighted by Crippen LogP contribution is -2.42. The van der Waals surface area contributed by atoms with Crippen molar-refractivity contribution in [3.05, 3.63) is 17.7 Å². The molecule has 0 aromatic heterocycles. The van der Waals surface area contributed by atoms with Gasteiger partial charge in [-0.2, -0.15) is 0 Å². The van der Waals surface area contributed by atoms with Crippen LogP contribution >= 0.6 is 0 Å². The molecule has 150 valence electrons. The summed E-state index contributed by atoms with van der Waals surface area (Å²) in [5.74, 6) is 1.46. The number of ether oxygens (including phenoxy) is 3. The predicted octanol–water partition coefficient (Wildman–Crippen LogP) is 2.48. The number of carbonyl (C=O) groups is 2. The van der Waals surface area contributed by atoms with Crippen LogP contribution in [-0.4, -0.2) is 56.7 Å². The van der Waals surface area contributed by atoms with Gasteiger partial charge in [-0.25, -0.2) is 0 Å². The lowest BCUT2D eigenvalue weighted by atomic mass is 9.95.